The summed E-state index contributed by atoms with van der Waals surface area (Å²) in [5, 5.41) is 3.55. The highest BCUT2D eigenvalue weighted by molar-refractivity contribution is 9.10. The minimum Gasteiger partial charge on any atom is -0.452 e. The smallest absolute Gasteiger partial charge is 0.339 e. The normalized spacial score (nSPS) is 13.0. The lowest BCUT2D eigenvalue weighted by Crippen LogP contribution is -2.22. The number of benzene rings is 2. The maximum Gasteiger partial charge on any atom is 0.339 e. The molecule has 0 fully saturated rings. The lowest BCUT2D eigenvalue weighted by Gasteiger charge is -2.20. The van der Waals surface area contributed by atoms with Gasteiger partial charge in [0.2, 0.25) is 0 Å². The fraction of sp³-hybridized carbons (Fsp3) is 0.261. The maximum absolute atomic E-state index is 13.0. The van der Waals surface area contributed by atoms with Crippen LogP contribution in [-0.2, 0) is 22.4 Å². The lowest BCUT2D eigenvalue weighted by atomic mass is 9.90. The van der Waals surface area contributed by atoms with Gasteiger partial charge < -0.3 is 10.1 Å². The zero-order valence-corrected chi connectivity index (χ0v) is 17.7. The van der Waals surface area contributed by atoms with Gasteiger partial charge in [0, 0.05) is 15.6 Å². The molecule has 5 nitrogen and oxygen atoms in total. The van der Waals surface area contributed by atoms with Crippen LogP contribution < -0.4 is 5.32 Å². The molecule has 0 saturated carbocycles. The number of fused-ring (bicyclic) bond motifs is 2. The molecule has 148 valence electrons. The molecule has 0 radical (unpaired) electrons. The Hall–Kier alpha value is -2.73. The van der Waals surface area contributed by atoms with Gasteiger partial charge in [0.25, 0.3) is 5.91 Å². The van der Waals surface area contributed by atoms with Crippen molar-refractivity contribution >= 4 is 44.4 Å². The first kappa shape index (κ1) is 19.6. The van der Waals surface area contributed by atoms with Crippen molar-refractivity contribution in [1.82, 2.24) is 4.98 Å². The van der Waals surface area contributed by atoms with Crippen LogP contribution in [0, 0.1) is 6.92 Å². The fourth-order valence-electron chi connectivity index (χ4n) is 3.72. The third-order valence-corrected chi connectivity index (χ3v) is 5.76. The van der Waals surface area contributed by atoms with Crippen molar-refractivity contribution in [2.75, 3.05) is 11.9 Å². The largest absolute Gasteiger partial charge is 0.452 e. The third-order valence-electron chi connectivity index (χ3n) is 5.11. The van der Waals surface area contributed by atoms with Crippen molar-refractivity contribution in [3.05, 3.63) is 69.3 Å². The predicted molar refractivity (Wildman–Crippen MR) is 116 cm³/mol. The van der Waals surface area contributed by atoms with Gasteiger partial charge in [-0.05, 0) is 77.9 Å². The van der Waals surface area contributed by atoms with Gasteiger partial charge in [0.05, 0.1) is 16.8 Å². The molecular weight excluding hydrogens is 432 g/mol. The van der Waals surface area contributed by atoms with Crippen LogP contribution in [0.2, 0.25) is 0 Å². The number of hydrogen-bond donors (Lipinski definition) is 1. The van der Waals surface area contributed by atoms with E-state index in [1.807, 2.05) is 49.4 Å². The maximum atomic E-state index is 13.0. The van der Waals surface area contributed by atoms with Crippen LogP contribution in [0.25, 0.3) is 10.9 Å². The Bertz CT molecular complexity index is 1110. The highest BCUT2D eigenvalue weighted by atomic mass is 79.9. The summed E-state index contributed by atoms with van der Waals surface area (Å²) in [4.78, 5) is 30.0. The van der Waals surface area contributed by atoms with E-state index in [4.69, 9.17) is 9.72 Å². The summed E-state index contributed by atoms with van der Waals surface area (Å²) in [6, 6.07) is 13.2. The molecule has 1 amide bonds. The molecule has 3 aromatic rings. The second-order valence-electron chi connectivity index (χ2n) is 7.24. The SMILES string of the molecule is Cc1ccc(NC(=O)COC(=O)c2c3c(nc4ccccc24)CCCC3)c(Br)c1. The fourth-order valence-corrected chi connectivity index (χ4v) is 4.31. The first-order chi connectivity index (χ1) is 14.0. The first-order valence-electron chi connectivity index (χ1n) is 9.66. The van der Waals surface area contributed by atoms with Crippen molar-refractivity contribution in [1.29, 1.82) is 0 Å². The number of pyridine rings is 1. The summed E-state index contributed by atoms with van der Waals surface area (Å²) in [6.07, 6.45) is 3.76. The number of aryl methyl sites for hydroxylation is 2. The lowest BCUT2D eigenvalue weighted by molar-refractivity contribution is -0.119. The molecule has 0 atom stereocenters. The number of nitrogens with zero attached hydrogens (tertiary/aromatic N) is 1. The number of anilines is 1. The summed E-state index contributed by atoms with van der Waals surface area (Å²) >= 11 is 3.43. The Morgan fingerprint density at radius 3 is 2.76 bits per heavy atom. The Kier molecular flexibility index (Phi) is 5.62. The molecule has 29 heavy (non-hydrogen) atoms. The van der Waals surface area contributed by atoms with Gasteiger partial charge in [-0.1, -0.05) is 24.3 Å². The van der Waals surface area contributed by atoms with Gasteiger partial charge in [-0.2, -0.15) is 0 Å². The van der Waals surface area contributed by atoms with Crippen molar-refractivity contribution in [2.24, 2.45) is 0 Å². The van der Waals surface area contributed by atoms with Gasteiger partial charge in [-0.3, -0.25) is 9.78 Å². The van der Waals surface area contributed by atoms with Crippen molar-refractivity contribution in [3.8, 4) is 0 Å². The molecule has 1 aliphatic rings. The third kappa shape index (κ3) is 4.17. The van der Waals surface area contributed by atoms with Crippen molar-refractivity contribution in [2.45, 2.75) is 32.6 Å². The molecule has 0 saturated heterocycles. The number of esters is 1. The molecule has 0 unspecified atom stereocenters. The number of aromatic nitrogens is 1. The number of halogens is 1. The molecule has 0 bridgehead atoms. The van der Waals surface area contributed by atoms with Gasteiger partial charge in [0.1, 0.15) is 0 Å². The Labute approximate surface area is 177 Å². The molecule has 1 aromatic heterocycles. The second-order valence-corrected chi connectivity index (χ2v) is 8.10. The van der Waals surface area contributed by atoms with Crippen LogP contribution >= 0.6 is 15.9 Å². The molecule has 2 aromatic carbocycles. The average Bonchev–Trinajstić information content (AvgIpc) is 2.72. The van der Waals surface area contributed by atoms with Crippen molar-refractivity contribution in [3.63, 3.8) is 0 Å². The summed E-state index contributed by atoms with van der Waals surface area (Å²) in [7, 11) is 0. The van der Waals surface area contributed by atoms with Crippen LogP contribution in [0.4, 0.5) is 5.69 Å². The quantitative estimate of drug-likeness (QED) is 0.566. The number of hydrogen-bond acceptors (Lipinski definition) is 4. The number of carbonyl (C=O) groups is 2. The Morgan fingerprint density at radius 2 is 1.93 bits per heavy atom. The van der Waals surface area contributed by atoms with Gasteiger partial charge >= 0.3 is 5.97 Å². The summed E-state index contributed by atoms with van der Waals surface area (Å²) in [5.41, 5.74) is 4.98. The van der Waals surface area contributed by atoms with E-state index >= 15 is 0 Å². The van der Waals surface area contributed by atoms with E-state index in [2.05, 4.69) is 21.2 Å². The average molecular weight is 453 g/mol. The zero-order chi connectivity index (χ0) is 20.4. The monoisotopic (exact) mass is 452 g/mol. The standard InChI is InChI=1S/C23H21BrN2O3/c1-14-10-11-20(17(24)12-14)26-21(27)13-29-23(28)22-15-6-2-4-8-18(15)25-19-9-5-3-7-16(19)22/h2,4,6,8,10-12H,3,5,7,9,13H2,1H3,(H,26,27). The molecule has 6 heteroatoms. The van der Waals surface area contributed by atoms with E-state index in [1.54, 1.807) is 0 Å². The molecular formula is C23H21BrN2O3. The van der Waals surface area contributed by atoms with E-state index in [9.17, 15) is 9.59 Å². The highest BCUT2D eigenvalue weighted by Gasteiger charge is 2.24. The van der Waals surface area contributed by atoms with E-state index in [0.29, 0.717) is 11.3 Å². The molecule has 4 rings (SSSR count). The second kappa shape index (κ2) is 8.33. The number of nitrogens with one attached hydrogen (secondary N) is 1. The summed E-state index contributed by atoms with van der Waals surface area (Å²) in [6.45, 7) is 1.63. The number of carbonyl (C=O) groups excluding carboxylic acids is 2. The van der Waals surface area contributed by atoms with E-state index < -0.39 is 5.97 Å². The Morgan fingerprint density at radius 1 is 1.14 bits per heavy atom. The van der Waals surface area contributed by atoms with E-state index in [-0.39, 0.29) is 12.5 Å². The Balaban J connectivity index is 1.54. The first-order valence-corrected chi connectivity index (χ1v) is 10.5. The van der Waals surface area contributed by atoms with Crippen LogP contribution in [0.1, 0.15) is 40.0 Å². The van der Waals surface area contributed by atoms with Gasteiger partial charge in [-0.15, -0.1) is 0 Å². The predicted octanol–water partition coefficient (Wildman–Crippen LogP) is 4.98. The number of amides is 1. The van der Waals surface area contributed by atoms with Gasteiger partial charge in [0.15, 0.2) is 6.61 Å². The topological polar surface area (TPSA) is 68.3 Å². The molecule has 1 heterocycles. The minimum absolute atomic E-state index is 0.343. The zero-order valence-electron chi connectivity index (χ0n) is 16.1. The van der Waals surface area contributed by atoms with E-state index in [1.165, 1.54) is 0 Å². The molecule has 1 N–H and O–H groups in total. The van der Waals surface area contributed by atoms with Crippen molar-refractivity contribution < 1.29 is 14.3 Å². The summed E-state index contributed by atoms with van der Waals surface area (Å²) < 4.78 is 6.19. The van der Waals surface area contributed by atoms with Crippen LogP contribution in [0.3, 0.4) is 0 Å². The number of rotatable bonds is 4. The van der Waals surface area contributed by atoms with Crippen LogP contribution in [-0.4, -0.2) is 23.5 Å². The minimum atomic E-state index is -0.472. The molecule has 0 aliphatic heterocycles. The highest BCUT2D eigenvalue weighted by Crippen LogP contribution is 2.30. The van der Waals surface area contributed by atoms with Crippen LogP contribution in [0.5, 0.6) is 0 Å². The number of para-hydroxylation sites is 1. The summed E-state index contributed by atoms with van der Waals surface area (Å²) in [5.74, 6) is -0.852. The molecule has 0 spiro atoms. The molecule has 1 aliphatic carbocycles. The van der Waals surface area contributed by atoms with Gasteiger partial charge in [-0.25, -0.2) is 4.79 Å². The van der Waals surface area contributed by atoms with E-state index in [0.717, 1.165) is 57.9 Å². The van der Waals surface area contributed by atoms with Crippen LogP contribution in [0.15, 0.2) is 46.9 Å². The number of ether oxygens (including phenoxy) is 1.